The summed E-state index contributed by atoms with van der Waals surface area (Å²) >= 11 is 1.44. The van der Waals surface area contributed by atoms with Crippen LogP contribution in [0.15, 0.2) is 36.0 Å². The Kier molecular flexibility index (Phi) is 6.14. The molecule has 6 heteroatoms. The van der Waals surface area contributed by atoms with Crippen molar-refractivity contribution in [2.75, 3.05) is 11.1 Å². The third-order valence-corrected chi connectivity index (χ3v) is 5.56. The molecule has 1 heterocycles. The summed E-state index contributed by atoms with van der Waals surface area (Å²) in [5, 5.41) is 12.5. The number of allylic oxidation sites excluding steroid dienone is 1. The van der Waals surface area contributed by atoms with E-state index in [0.29, 0.717) is 18.2 Å². The van der Waals surface area contributed by atoms with E-state index >= 15 is 0 Å². The molecule has 2 aromatic rings. The second-order valence-corrected chi connectivity index (χ2v) is 7.45. The molecule has 0 spiro atoms. The maximum absolute atomic E-state index is 12.5. The van der Waals surface area contributed by atoms with Crippen molar-refractivity contribution in [3.8, 4) is 0 Å². The fourth-order valence-electron chi connectivity index (χ4n) is 3.06. The molecule has 0 bridgehead atoms. The van der Waals surface area contributed by atoms with Gasteiger partial charge in [-0.05, 0) is 36.8 Å². The Morgan fingerprint density at radius 1 is 1.31 bits per heavy atom. The van der Waals surface area contributed by atoms with Crippen LogP contribution in [0, 0.1) is 0 Å². The zero-order valence-corrected chi connectivity index (χ0v) is 16.3. The number of amides is 1. The average Bonchev–Trinajstić information content (AvgIpc) is 3.42. The van der Waals surface area contributed by atoms with Gasteiger partial charge in [0, 0.05) is 18.2 Å². The lowest BCUT2D eigenvalue weighted by Crippen LogP contribution is -2.17. The SMILES string of the molecule is C=CCn1c(SCC(=O)Nc2c(CC)cccc2CC)nnc1C1CC1. The molecular weight excluding hydrogens is 344 g/mol. The second kappa shape index (κ2) is 8.54. The van der Waals surface area contributed by atoms with Gasteiger partial charge in [-0.2, -0.15) is 0 Å². The number of hydrogen-bond acceptors (Lipinski definition) is 4. The lowest BCUT2D eigenvalue weighted by molar-refractivity contribution is -0.113. The fraction of sp³-hybridized carbons (Fsp3) is 0.450. The number of carbonyl (C=O) groups excluding carboxylic acids is 1. The summed E-state index contributed by atoms with van der Waals surface area (Å²) < 4.78 is 2.08. The summed E-state index contributed by atoms with van der Waals surface area (Å²) in [5.74, 6) is 1.86. The van der Waals surface area contributed by atoms with Gasteiger partial charge in [-0.25, -0.2) is 0 Å². The fourth-order valence-corrected chi connectivity index (χ4v) is 3.81. The molecule has 1 aliphatic rings. The minimum Gasteiger partial charge on any atom is -0.325 e. The van der Waals surface area contributed by atoms with Crippen molar-refractivity contribution in [3.63, 3.8) is 0 Å². The number of nitrogens with zero attached hydrogens (tertiary/aromatic N) is 3. The quantitative estimate of drug-likeness (QED) is 0.531. The number of nitrogens with one attached hydrogen (secondary N) is 1. The molecule has 1 aromatic heterocycles. The van der Waals surface area contributed by atoms with Crippen molar-refractivity contribution in [2.45, 2.75) is 57.1 Å². The molecule has 1 saturated carbocycles. The molecular formula is C20H26N4OS. The first-order valence-corrected chi connectivity index (χ1v) is 10.2. The largest absolute Gasteiger partial charge is 0.325 e. The van der Waals surface area contributed by atoms with Crippen molar-refractivity contribution < 1.29 is 4.79 Å². The van der Waals surface area contributed by atoms with E-state index in [9.17, 15) is 4.79 Å². The van der Waals surface area contributed by atoms with Gasteiger partial charge in [0.2, 0.25) is 5.91 Å². The topological polar surface area (TPSA) is 59.8 Å². The molecule has 5 nitrogen and oxygen atoms in total. The summed E-state index contributed by atoms with van der Waals surface area (Å²) in [7, 11) is 0. The van der Waals surface area contributed by atoms with Crippen LogP contribution < -0.4 is 5.32 Å². The minimum atomic E-state index is -0.00766. The molecule has 0 atom stereocenters. The maximum Gasteiger partial charge on any atom is 0.234 e. The zero-order valence-electron chi connectivity index (χ0n) is 15.5. The van der Waals surface area contributed by atoms with E-state index in [4.69, 9.17) is 0 Å². The van der Waals surface area contributed by atoms with Crippen LogP contribution in [-0.4, -0.2) is 26.4 Å². The third kappa shape index (κ3) is 4.18. The number of aromatic nitrogens is 3. The first-order chi connectivity index (χ1) is 12.7. The van der Waals surface area contributed by atoms with E-state index in [1.807, 2.05) is 6.08 Å². The van der Waals surface area contributed by atoms with Gasteiger partial charge in [-0.15, -0.1) is 16.8 Å². The predicted octanol–water partition coefficient (Wildman–Crippen LogP) is 4.20. The maximum atomic E-state index is 12.5. The van der Waals surface area contributed by atoms with Gasteiger partial charge in [0.15, 0.2) is 5.16 Å². The average molecular weight is 371 g/mol. The van der Waals surface area contributed by atoms with Crippen LogP contribution in [0.1, 0.15) is 49.6 Å². The lowest BCUT2D eigenvalue weighted by Gasteiger charge is -2.14. The van der Waals surface area contributed by atoms with Crippen LogP contribution in [-0.2, 0) is 24.2 Å². The van der Waals surface area contributed by atoms with Crippen molar-refractivity contribution in [2.24, 2.45) is 0 Å². The number of para-hydroxylation sites is 1. The highest BCUT2D eigenvalue weighted by molar-refractivity contribution is 7.99. The smallest absolute Gasteiger partial charge is 0.234 e. The Bertz CT molecular complexity index is 773. The van der Waals surface area contributed by atoms with Crippen molar-refractivity contribution in [1.82, 2.24) is 14.8 Å². The van der Waals surface area contributed by atoms with Gasteiger partial charge >= 0.3 is 0 Å². The third-order valence-electron chi connectivity index (χ3n) is 4.60. The number of carbonyl (C=O) groups is 1. The molecule has 1 aliphatic carbocycles. The van der Waals surface area contributed by atoms with Gasteiger partial charge in [0.25, 0.3) is 0 Å². The van der Waals surface area contributed by atoms with Crippen molar-refractivity contribution in [3.05, 3.63) is 47.8 Å². The summed E-state index contributed by atoms with van der Waals surface area (Å²) in [5.41, 5.74) is 3.32. The number of benzene rings is 1. The highest BCUT2D eigenvalue weighted by Crippen LogP contribution is 2.40. The number of rotatable bonds is 9. The van der Waals surface area contributed by atoms with Gasteiger partial charge in [-0.1, -0.05) is 49.9 Å². The summed E-state index contributed by atoms with van der Waals surface area (Å²) in [6, 6.07) is 6.20. The van der Waals surface area contributed by atoms with Crippen molar-refractivity contribution in [1.29, 1.82) is 0 Å². The lowest BCUT2D eigenvalue weighted by atomic mass is 10.0. The van der Waals surface area contributed by atoms with Gasteiger partial charge < -0.3 is 9.88 Å². The number of anilines is 1. The molecule has 3 rings (SSSR count). The molecule has 0 unspecified atom stereocenters. The standard InChI is InChI=1S/C20H26N4OS/c1-4-12-24-19(16-10-11-16)22-23-20(24)26-13-17(25)21-18-14(5-2)8-7-9-15(18)6-3/h4,7-9,16H,1,5-6,10-13H2,2-3H3,(H,21,25). The molecule has 1 aromatic carbocycles. The Labute approximate surface area is 159 Å². The number of thioether (sulfide) groups is 1. The van der Waals surface area contributed by atoms with Crippen LogP contribution in [0.25, 0.3) is 0 Å². The normalized spacial score (nSPS) is 13.6. The van der Waals surface area contributed by atoms with Crippen LogP contribution in [0.2, 0.25) is 0 Å². The summed E-state index contributed by atoms with van der Waals surface area (Å²) in [6.07, 6.45) is 6.00. The van der Waals surface area contributed by atoms with E-state index in [0.717, 1.165) is 29.5 Å². The van der Waals surface area contributed by atoms with Gasteiger partial charge in [-0.3, -0.25) is 4.79 Å². The van der Waals surface area contributed by atoms with Crippen LogP contribution in [0.5, 0.6) is 0 Å². The zero-order chi connectivity index (χ0) is 18.5. The Morgan fingerprint density at radius 2 is 2.00 bits per heavy atom. The molecule has 26 heavy (non-hydrogen) atoms. The first-order valence-electron chi connectivity index (χ1n) is 9.25. The van der Waals surface area contributed by atoms with E-state index in [2.05, 4.69) is 58.7 Å². The summed E-state index contributed by atoms with van der Waals surface area (Å²) in [6.45, 7) is 8.72. The number of hydrogen-bond donors (Lipinski definition) is 1. The van der Waals surface area contributed by atoms with E-state index in [-0.39, 0.29) is 5.91 Å². The molecule has 1 amide bonds. The predicted molar refractivity (Wildman–Crippen MR) is 107 cm³/mol. The minimum absolute atomic E-state index is 0.00766. The Balaban J connectivity index is 1.68. The van der Waals surface area contributed by atoms with Gasteiger partial charge in [0.1, 0.15) is 5.82 Å². The van der Waals surface area contributed by atoms with E-state index in [1.54, 1.807) is 0 Å². The van der Waals surface area contributed by atoms with Crippen LogP contribution in [0.4, 0.5) is 5.69 Å². The molecule has 1 fully saturated rings. The number of aryl methyl sites for hydroxylation is 2. The van der Waals surface area contributed by atoms with Crippen molar-refractivity contribution >= 4 is 23.4 Å². The van der Waals surface area contributed by atoms with E-state index < -0.39 is 0 Å². The Morgan fingerprint density at radius 3 is 2.58 bits per heavy atom. The molecule has 0 radical (unpaired) electrons. The van der Waals surface area contributed by atoms with Crippen LogP contribution in [0.3, 0.4) is 0 Å². The first kappa shape index (κ1) is 18.7. The second-order valence-electron chi connectivity index (χ2n) is 6.51. The van der Waals surface area contributed by atoms with Gasteiger partial charge in [0.05, 0.1) is 5.75 Å². The van der Waals surface area contributed by atoms with E-state index in [1.165, 1.54) is 35.7 Å². The molecule has 0 aliphatic heterocycles. The highest BCUT2D eigenvalue weighted by Gasteiger charge is 2.30. The molecule has 138 valence electrons. The highest BCUT2D eigenvalue weighted by atomic mass is 32.2. The molecule has 1 N–H and O–H groups in total. The monoisotopic (exact) mass is 370 g/mol. The summed E-state index contributed by atoms with van der Waals surface area (Å²) in [4.78, 5) is 12.5. The molecule has 0 saturated heterocycles. The van der Waals surface area contributed by atoms with Crippen LogP contribution >= 0.6 is 11.8 Å². The Hall–Kier alpha value is -2.08.